The number of hydrogen-bond donors (Lipinski definition) is 1. The molecule has 3 aromatic rings. The summed E-state index contributed by atoms with van der Waals surface area (Å²) in [6.45, 7) is 4.05. The third kappa shape index (κ3) is 2.70. The molecular formula is C17H21N5O2. The van der Waals surface area contributed by atoms with E-state index in [-0.39, 0.29) is 12.0 Å². The van der Waals surface area contributed by atoms with E-state index in [0.29, 0.717) is 31.3 Å². The average Bonchev–Trinajstić information content (AvgIpc) is 3.30. The monoisotopic (exact) mass is 327 g/mol. The van der Waals surface area contributed by atoms with Gasteiger partial charge < -0.3 is 19.6 Å². The molecule has 2 N–H and O–H groups in total. The Balaban J connectivity index is 1.49. The van der Waals surface area contributed by atoms with Gasteiger partial charge in [-0.25, -0.2) is 4.98 Å². The number of aromatic nitrogens is 4. The van der Waals surface area contributed by atoms with Crippen molar-refractivity contribution in [1.29, 1.82) is 0 Å². The first-order chi connectivity index (χ1) is 11.8. The summed E-state index contributed by atoms with van der Waals surface area (Å²) in [5, 5.41) is 4.10. The molecule has 1 aliphatic rings. The smallest absolute Gasteiger partial charge is 0.256 e. The molecule has 0 radical (unpaired) electrons. The van der Waals surface area contributed by atoms with Crippen LogP contribution in [0.2, 0.25) is 0 Å². The van der Waals surface area contributed by atoms with Crippen LogP contribution in [0.15, 0.2) is 28.8 Å². The lowest BCUT2D eigenvalue weighted by molar-refractivity contribution is 0.0642. The summed E-state index contributed by atoms with van der Waals surface area (Å²) >= 11 is 0. The number of aryl methyl sites for hydroxylation is 3. The van der Waals surface area contributed by atoms with Crippen molar-refractivity contribution >= 4 is 11.0 Å². The molecule has 2 atom stereocenters. The lowest BCUT2D eigenvalue weighted by Crippen LogP contribution is -2.18. The lowest BCUT2D eigenvalue weighted by atomic mass is 10.0. The number of hydrogen-bond acceptors (Lipinski definition) is 6. The maximum atomic E-state index is 5.78. The van der Waals surface area contributed by atoms with Crippen molar-refractivity contribution in [2.45, 2.75) is 32.4 Å². The number of rotatable bonds is 5. The van der Waals surface area contributed by atoms with E-state index in [2.05, 4.69) is 25.8 Å². The Morgan fingerprint density at radius 2 is 2.17 bits per heavy atom. The third-order valence-corrected chi connectivity index (χ3v) is 4.65. The van der Waals surface area contributed by atoms with Crippen LogP contribution in [0.1, 0.15) is 30.1 Å². The molecule has 1 saturated heterocycles. The molecule has 0 unspecified atom stereocenters. The van der Waals surface area contributed by atoms with Gasteiger partial charge in [0.05, 0.1) is 11.0 Å². The van der Waals surface area contributed by atoms with Crippen molar-refractivity contribution in [3.8, 4) is 0 Å². The van der Waals surface area contributed by atoms with Gasteiger partial charge in [-0.15, -0.1) is 0 Å². The minimum absolute atomic E-state index is 0.160. The zero-order chi connectivity index (χ0) is 16.5. The van der Waals surface area contributed by atoms with Crippen molar-refractivity contribution in [1.82, 2.24) is 19.7 Å². The van der Waals surface area contributed by atoms with Crippen LogP contribution in [0.4, 0.5) is 0 Å². The summed E-state index contributed by atoms with van der Waals surface area (Å²) in [4.78, 5) is 9.09. The van der Waals surface area contributed by atoms with E-state index < -0.39 is 0 Å². The molecule has 126 valence electrons. The molecule has 1 aromatic carbocycles. The maximum Gasteiger partial charge on any atom is 0.256 e. The summed E-state index contributed by atoms with van der Waals surface area (Å²) in [7, 11) is 0. The molecule has 3 heterocycles. The largest absolute Gasteiger partial charge is 0.368 e. The Morgan fingerprint density at radius 1 is 1.29 bits per heavy atom. The van der Waals surface area contributed by atoms with Crippen LogP contribution in [-0.2, 0) is 17.7 Å². The van der Waals surface area contributed by atoms with Gasteiger partial charge in [0.2, 0.25) is 0 Å². The van der Waals surface area contributed by atoms with Crippen molar-refractivity contribution in [2.24, 2.45) is 11.7 Å². The Morgan fingerprint density at radius 3 is 3.04 bits per heavy atom. The van der Waals surface area contributed by atoms with Gasteiger partial charge in [0.15, 0.2) is 5.82 Å². The number of ether oxygens (including phenoxy) is 1. The molecule has 7 heteroatoms. The average molecular weight is 327 g/mol. The van der Waals surface area contributed by atoms with Crippen LogP contribution in [0.25, 0.3) is 11.0 Å². The van der Waals surface area contributed by atoms with Crippen molar-refractivity contribution in [2.75, 3.05) is 13.2 Å². The highest BCUT2D eigenvalue weighted by Crippen LogP contribution is 2.32. The Kier molecular flexibility index (Phi) is 4.03. The molecule has 0 spiro atoms. The first-order valence-corrected chi connectivity index (χ1v) is 8.32. The molecule has 0 bridgehead atoms. The van der Waals surface area contributed by atoms with Gasteiger partial charge in [0.25, 0.3) is 5.89 Å². The SMILES string of the molecule is Cc1nc2ccccc2n1CCc1noc([C@H]2OCC[C@H]2CN)n1. The predicted octanol–water partition coefficient (Wildman–Crippen LogP) is 2.01. The first kappa shape index (κ1) is 15.3. The Labute approximate surface area is 139 Å². The van der Waals surface area contributed by atoms with Crippen molar-refractivity contribution in [3.63, 3.8) is 0 Å². The molecule has 0 amide bonds. The zero-order valence-corrected chi connectivity index (χ0v) is 13.7. The highest BCUT2D eigenvalue weighted by atomic mass is 16.5. The summed E-state index contributed by atoms with van der Waals surface area (Å²) in [6, 6.07) is 8.13. The molecule has 0 saturated carbocycles. The van der Waals surface area contributed by atoms with Crippen LogP contribution in [-0.4, -0.2) is 32.8 Å². The molecule has 0 aliphatic carbocycles. The minimum atomic E-state index is -0.160. The highest BCUT2D eigenvalue weighted by Gasteiger charge is 2.33. The normalized spacial score (nSPS) is 20.9. The predicted molar refractivity (Wildman–Crippen MR) is 88.3 cm³/mol. The van der Waals surface area contributed by atoms with Gasteiger partial charge in [-0.05, 0) is 32.0 Å². The van der Waals surface area contributed by atoms with Gasteiger partial charge in [0.1, 0.15) is 11.9 Å². The quantitative estimate of drug-likeness (QED) is 0.770. The van der Waals surface area contributed by atoms with Gasteiger partial charge in [-0.3, -0.25) is 0 Å². The molecule has 1 fully saturated rings. The molecule has 7 nitrogen and oxygen atoms in total. The summed E-state index contributed by atoms with van der Waals surface area (Å²) < 4.78 is 13.3. The van der Waals surface area contributed by atoms with Crippen LogP contribution in [0, 0.1) is 12.8 Å². The third-order valence-electron chi connectivity index (χ3n) is 4.65. The number of nitrogens with two attached hydrogens (primary N) is 1. The van der Waals surface area contributed by atoms with Crippen LogP contribution in [0.3, 0.4) is 0 Å². The van der Waals surface area contributed by atoms with E-state index in [0.717, 1.165) is 29.8 Å². The van der Waals surface area contributed by atoms with E-state index in [9.17, 15) is 0 Å². The summed E-state index contributed by atoms with van der Waals surface area (Å²) in [6.07, 6.45) is 1.47. The van der Waals surface area contributed by atoms with Crippen molar-refractivity contribution in [3.05, 3.63) is 41.8 Å². The Hall–Kier alpha value is -2.25. The van der Waals surface area contributed by atoms with Crippen LogP contribution >= 0.6 is 0 Å². The fraction of sp³-hybridized carbons (Fsp3) is 0.471. The van der Waals surface area contributed by atoms with Gasteiger partial charge in [-0.1, -0.05) is 17.3 Å². The second-order valence-electron chi connectivity index (χ2n) is 6.17. The lowest BCUT2D eigenvalue weighted by Gasteiger charge is -2.11. The number of fused-ring (bicyclic) bond motifs is 1. The van der Waals surface area contributed by atoms with Crippen LogP contribution in [0.5, 0.6) is 0 Å². The highest BCUT2D eigenvalue weighted by molar-refractivity contribution is 5.75. The second-order valence-corrected chi connectivity index (χ2v) is 6.17. The Bertz CT molecular complexity index is 840. The number of imidazole rings is 1. The van der Waals surface area contributed by atoms with Gasteiger partial charge in [0, 0.05) is 25.5 Å². The van der Waals surface area contributed by atoms with E-state index in [1.165, 1.54) is 0 Å². The van der Waals surface area contributed by atoms with E-state index in [1.54, 1.807) is 0 Å². The zero-order valence-electron chi connectivity index (χ0n) is 13.7. The fourth-order valence-corrected chi connectivity index (χ4v) is 3.32. The number of benzene rings is 1. The molecule has 1 aliphatic heterocycles. The maximum absolute atomic E-state index is 5.78. The molecular weight excluding hydrogens is 306 g/mol. The van der Waals surface area contributed by atoms with Gasteiger partial charge >= 0.3 is 0 Å². The molecule has 4 rings (SSSR count). The first-order valence-electron chi connectivity index (χ1n) is 8.32. The molecule has 24 heavy (non-hydrogen) atoms. The fourth-order valence-electron chi connectivity index (χ4n) is 3.32. The van der Waals surface area contributed by atoms with E-state index in [1.807, 2.05) is 25.1 Å². The van der Waals surface area contributed by atoms with E-state index in [4.69, 9.17) is 15.0 Å². The second kappa shape index (κ2) is 6.33. The standard InChI is InChI=1S/C17H21N5O2/c1-11-19-13-4-2-3-5-14(13)22(11)8-6-15-20-17(24-21-15)16-12(10-18)7-9-23-16/h2-5,12,16H,6-10,18H2,1H3/t12-,16-/m0/s1. The summed E-state index contributed by atoms with van der Waals surface area (Å²) in [5.74, 6) is 2.49. The van der Waals surface area contributed by atoms with Crippen LogP contribution < -0.4 is 5.73 Å². The van der Waals surface area contributed by atoms with Crippen molar-refractivity contribution < 1.29 is 9.26 Å². The van der Waals surface area contributed by atoms with E-state index >= 15 is 0 Å². The minimum Gasteiger partial charge on any atom is -0.368 e. The topological polar surface area (TPSA) is 92.0 Å². The molecule has 2 aromatic heterocycles. The van der Waals surface area contributed by atoms with Gasteiger partial charge in [-0.2, -0.15) is 4.98 Å². The number of para-hydroxylation sites is 2. The number of nitrogens with zero attached hydrogens (tertiary/aromatic N) is 4. The summed E-state index contributed by atoms with van der Waals surface area (Å²) in [5.41, 5.74) is 7.91.